The summed E-state index contributed by atoms with van der Waals surface area (Å²) < 4.78 is 10.9. The molecule has 0 atom stereocenters. The zero-order valence-electron chi connectivity index (χ0n) is 17.4. The standard InChI is InChI=1S/C22H29N5O2.HI/c1-2-24-22(25-9-7-18-4-3-8-23-15-18)27-12-10-26(11-13-27)16-19-5-6-20-21(14-19)29-17-28-20;/h3-6,8,14-15H,2,7,9-13,16-17H2,1H3,(H,24,25);1H. The molecule has 8 heteroatoms. The normalized spacial score (nSPS) is 16.3. The van der Waals surface area contributed by atoms with Gasteiger partial charge in [0.2, 0.25) is 6.79 Å². The third-order valence-electron chi connectivity index (χ3n) is 5.23. The topological polar surface area (TPSA) is 62.2 Å². The van der Waals surface area contributed by atoms with Crippen LogP contribution in [0.15, 0.2) is 47.7 Å². The Kier molecular flexibility index (Phi) is 8.56. The number of ether oxygens (including phenoxy) is 2. The second kappa shape index (κ2) is 11.4. The number of aliphatic imine (C=N–C) groups is 1. The van der Waals surface area contributed by atoms with Gasteiger partial charge in [0.25, 0.3) is 0 Å². The van der Waals surface area contributed by atoms with E-state index >= 15 is 0 Å². The molecule has 0 radical (unpaired) electrons. The van der Waals surface area contributed by atoms with Crippen molar-refractivity contribution in [3.05, 3.63) is 53.9 Å². The molecule has 0 spiro atoms. The average molecular weight is 523 g/mol. The molecular weight excluding hydrogens is 493 g/mol. The molecule has 2 aliphatic rings. The first kappa shape index (κ1) is 22.6. The van der Waals surface area contributed by atoms with E-state index in [1.54, 1.807) is 6.20 Å². The maximum Gasteiger partial charge on any atom is 0.231 e. The Morgan fingerprint density at radius 3 is 2.70 bits per heavy atom. The van der Waals surface area contributed by atoms with Crippen molar-refractivity contribution in [2.24, 2.45) is 4.99 Å². The highest BCUT2D eigenvalue weighted by molar-refractivity contribution is 14.0. The van der Waals surface area contributed by atoms with E-state index in [4.69, 9.17) is 14.5 Å². The van der Waals surface area contributed by atoms with Crippen molar-refractivity contribution in [1.82, 2.24) is 20.1 Å². The number of piperazine rings is 1. The van der Waals surface area contributed by atoms with Gasteiger partial charge in [-0.15, -0.1) is 24.0 Å². The zero-order chi connectivity index (χ0) is 19.9. The van der Waals surface area contributed by atoms with Crippen LogP contribution in [0, 0.1) is 0 Å². The van der Waals surface area contributed by atoms with Crippen molar-refractivity contribution in [3.63, 3.8) is 0 Å². The van der Waals surface area contributed by atoms with E-state index in [1.165, 1.54) is 11.1 Å². The van der Waals surface area contributed by atoms with E-state index in [0.29, 0.717) is 6.79 Å². The summed E-state index contributed by atoms with van der Waals surface area (Å²) in [6, 6.07) is 10.3. The summed E-state index contributed by atoms with van der Waals surface area (Å²) in [6.07, 6.45) is 4.63. The third kappa shape index (κ3) is 5.98. The van der Waals surface area contributed by atoms with Crippen LogP contribution in [-0.4, -0.2) is 66.8 Å². The number of aromatic nitrogens is 1. The highest BCUT2D eigenvalue weighted by Gasteiger charge is 2.20. The summed E-state index contributed by atoms with van der Waals surface area (Å²) in [4.78, 5) is 13.9. The molecule has 1 aromatic heterocycles. The van der Waals surface area contributed by atoms with Gasteiger partial charge in [0.1, 0.15) is 0 Å². The third-order valence-corrected chi connectivity index (χ3v) is 5.23. The average Bonchev–Trinajstić information content (AvgIpc) is 3.22. The van der Waals surface area contributed by atoms with Crippen LogP contribution >= 0.6 is 24.0 Å². The fourth-order valence-electron chi connectivity index (χ4n) is 3.68. The fourth-order valence-corrected chi connectivity index (χ4v) is 3.68. The molecule has 2 aromatic rings. The lowest BCUT2D eigenvalue weighted by Crippen LogP contribution is -2.52. The first-order chi connectivity index (χ1) is 14.3. The van der Waals surface area contributed by atoms with Gasteiger partial charge in [-0.2, -0.15) is 0 Å². The van der Waals surface area contributed by atoms with Gasteiger partial charge in [-0.3, -0.25) is 14.9 Å². The van der Waals surface area contributed by atoms with Crippen molar-refractivity contribution in [2.75, 3.05) is 46.1 Å². The first-order valence-corrected chi connectivity index (χ1v) is 10.3. The van der Waals surface area contributed by atoms with Gasteiger partial charge in [0.05, 0.1) is 0 Å². The summed E-state index contributed by atoms with van der Waals surface area (Å²) in [6.45, 7) is 9.00. The number of nitrogens with zero attached hydrogens (tertiary/aromatic N) is 4. The number of rotatable bonds is 6. The van der Waals surface area contributed by atoms with Gasteiger partial charge in [-0.05, 0) is 42.7 Å². The number of halogens is 1. The van der Waals surface area contributed by atoms with Crippen molar-refractivity contribution in [1.29, 1.82) is 0 Å². The lowest BCUT2D eigenvalue weighted by molar-refractivity contribution is 0.171. The molecular formula is C22H30IN5O2. The summed E-state index contributed by atoms with van der Waals surface area (Å²) >= 11 is 0. The second-order valence-corrected chi connectivity index (χ2v) is 7.30. The monoisotopic (exact) mass is 523 g/mol. The number of guanidine groups is 1. The van der Waals surface area contributed by atoms with Crippen LogP contribution in [0.3, 0.4) is 0 Å². The van der Waals surface area contributed by atoms with Crippen molar-refractivity contribution >= 4 is 29.9 Å². The second-order valence-electron chi connectivity index (χ2n) is 7.30. The molecule has 1 fully saturated rings. The first-order valence-electron chi connectivity index (χ1n) is 10.3. The molecule has 1 N–H and O–H groups in total. The molecule has 0 amide bonds. The van der Waals surface area contributed by atoms with Crippen LogP contribution in [0.25, 0.3) is 0 Å². The predicted molar refractivity (Wildman–Crippen MR) is 129 cm³/mol. The molecule has 0 saturated carbocycles. The Hall–Kier alpha value is -2.07. The number of pyridine rings is 1. The lowest BCUT2D eigenvalue weighted by Gasteiger charge is -2.36. The molecule has 1 aromatic carbocycles. The molecule has 7 nitrogen and oxygen atoms in total. The Labute approximate surface area is 195 Å². The molecule has 0 unspecified atom stereocenters. The predicted octanol–water partition coefficient (Wildman–Crippen LogP) is 2.75. The molecule has 3 heterocycles. The van der Waals surface area contributed by atoms with Gasteiger partial charge in [-0.25, -0.2) is 0 Å². The van der Waals surface area contributed by atoms with Crippen LogP contribution in [0.1, 0.15) is 18.1 Å². The molecule has 0 bridgehead atoms. The summed E-state index contributed by atoms with van der Waals surface area (Å²) in [7, 11) is 0. The van der Waals surface area contributed by atoms with E-state index in [9.17, 15) is 0 Å². The van der Waals surface area contributed by atoms with Gasteiger partial charge in [0.15, 0.2) is 17.5 Å². The van der Waals surface area contributed by atoms with E-state index in [0.717, 1.165) is 69.7 Å². The molecule has 2 aliphatic heterocycles. The maximum atomic E-state index is 5.50. The number of nitrogens with one attached hydrogen (secondary N) is 1. The molecule has 30 heavy (non-hydrogen) atoms. The number of hydrogen-bond acceptors (Lipinski definition) is 5. The lowest BCUT2D eigenvalue weighted by atomic mass is 10.1. The van der Waals surface area contributed by atoms with E-state index in [1.807, 2.05) is 18.3 Å². The van der Waals surface area contributed by atoms with Crippen LogP contribution in [0.5, 0.6) is 11.5 Å². The van der Waals surface area contributed by atoms with Crippen LogP contribution in [0.2, 0.25) is 0 Å². The highest BCUT2D eigenvalue weighted by Crippen LogP contribution is 2.32. The summed E-state index contributed by atoms with van der Waals surface area (Å²) in [5.74, 6) is 2.71. The van der Waals surface area contributed by atoms with Crippen molar-refractivity contribution in [2.45, 2.75) is 19.9 Å². The molecule has 0 aliphatic carbocycles. The number of fused-ring (bicyclic) bond motifs is 1. The minimum absolute atomic E-state index is 0. The minimum Gasteiger partial charge on any atom is -0.454 e. The van der Waals surface area contributed by atoms with E-state index in [-0.39, 0.29) is 24.0 Å². The molecule has 1 saturated heterocycles. The van der Waals surface area contributed by atoms with Crippen molar-refractivity contribution < 1.29 is 9.47 Å². The maximum absolute atomic E-state index is 5.50. The van der Waals surface area contributed by atoms with E-state index < -0.39 is 0 Å². The largest absolute Gasteiger partial charge is 0.454 e. The fraction of sp³-hybridized carbons (Fsp3) is 0.455. The Morgan fingerprint density at radius 1 is 1.10 bits per heavy atom. The van der Waals surface area contributed by atoms with Crippen LogP contribution in [-0.2, 0) is 13.0 Å². The summed E-state index contributed by atoms with van der Waals surface area (Å²) in [5.41, 5.74) is 2.49. The van der Waals surface area contributed by atoms with Crippen molar-refractivity contribution in [3.8, 4) is 11.5 Å². The minimum atomic E-state index is 0. The highest BCUT2D eigenvalue weighted by atomic mass is 127. The smallest absolute Gasteiger partial charge is 0.231 e. The molecule has 4 rings (SSSR count). The summed E-state index contributed by atoms with van der Waals surface area (Å²) in [5, 5.41) is 3.44. The van der Waals surface area contributed by atoms with Crippen LogP contribution in [0.4, 0.5) is 0 Å². The van der Waals surface area contributed by atoms with Gasteiger partial charge in [0, 0.05) is 58.2 Å². The molecule has 162 valence electrons. The Morgan fingerprint density at radius 2 is 1.93 bits per heavy atom. The Balaban J connectivity index is 0.00000256. The van der Waals surface area contributed by atoms with Crippen LogP contribution < -0.4 is 14.8 Å². The Bertz CT molecular complexity index is 826. The van der Waals surface area contributed by atoms with Gasteiger partial charge >= 0.3 is 0 Å². The number of hydrogen-bond donors (Lipinski definition) is 1. The quantitative estimate of drug-likeness (QED) is 0.357. The van der Waals surface area contributed by atoms with Gasteiger partial charge < -0.3 is 19.7 Å². The van der Waals surface area contributed by atoms with Gasteiger partial charge in [-0.1, -0.05) is 12.1 Å². The zero-order valence-corrected chi connectivity index (χ0v) is 19.7. The SMILES string of the molecule is CCNC(=NCCc1cccnc1)N1CCN(Cc2ccc3c(c2)OCO3)CC1.I. The van der Waals surface area contributed by atoms with E-state index in [2.05, 4.69) is 45.2 Å². The number of benzene rings is 1.